The predicted molar refractivity (Wildman–Crippen MR) is 50.0 cm³/mol. The Labute approximate surface area is 85.2 Å². The number of nitroso groups, excluding NO2 is 1. The van der Waals surface area contributed by atoms with Gasteiger partial charge >= 0.3 is 12.1 Å². The molecule has 0 radical (unpaired) electrons. The van der Waals surface area contributed by atoms with Crippen molar-refractivity contribution in [2.45, 2.75) is 6.92 Å². The topological polar surface area (TPSA) is 124 Å². The summed E-state index contributed by atoms with van der Waals surface area (Å²) in [5.74, 6) is -0.603. The maximum atomic E-state index is 10.9. The molecule has 0 unspecified atom stereocenters. The number of hydrogen-bond acceptors (Lipinski definition) is 6. The van der Waals surface area contributed by atoms with Crippen LogP contribution >= 0.6 is 0 Å². The number of hydrogen-bond donors (Lipinski definition) is 3. The summed E-state index contributed by atoms with van der Waals surface area (Å²) < 4.78 is 4.44. The van der Waals surface area contributed by atoms with E-state index in [-0.39, 0.29) is 6.61 Å². The summed E-state index contributed by atoms with van der Waals surface area (Å²) in [6, 6.07) is -0.938. The Kier molecular flexibility index (Phi) is 5.37. The molecule has 0 aromatic rings. The van der Waals surface area contributed by atoms with Gasteiger partial charge < -0.3 is 4.74 Å². The number of nitrogens with zero attached hydrogens (tertiary/aromatic N) is 2. The van der Waals surface area contributed by atoms with Crippen molar-refractivity contribution < 1.29 is 14.3 Å². The third-order valence-corrected chi connectivity index (χ3v) is 1.15. The van der Waals surface area contributed by atoms with E-state index in [0.29, 0.717) is 5.01 Å². The summed E-state index contributed by atoms with van der Waals surface area (Å²) in [5.41, 5.74) is 0. The van der Waals surface area contributed by atoms with Crippen LogP contribution in [0.4, 0.5) is 9.59 Å². The van der Waals surface area contributed by atoms with Crippen molar-refractivity contribution in [3.8, 4) is 0 Å². The van der Waals surface area contributed by atoms with Gasteiger partial charge in [0.15, 0.2) is 0 Å². The summed E-state index contributed by atoms with van der Waals surface area (Å²) in [4.78, 5) is 31.5. The molecule has 0 atom stereocenters. The second-order valence-corrected chi connectivity index (χ2v) is 2.26. The average molecular weight is 217 g/mol. The SMILES string of the molecule is CCOC(=O)NC(=N)NC(=O)N(C)N=O. The van der Waals surface area contributed by atoms with Gasteiger partial charge in [-0.2, -0.15) is 5.01 Å². The maximum absolute atomic E-state index is 10.9. The Bertz CT molecular complexity index is 279. The molecule has 9 heteroatoms. The zero-order valence-electron chi connectivity index (χ0n) is 8.23. The summed E-state index contributed by atoms with van der Waals surface area (Å²) in [6.07, 6.45) is -0.871. The van der Waals surface area contributed by atoms with Crippen LogP contribution in [0.15, 0.2) is 5.29 Å². The second-order valence-electron chi connectivity index (χ2n) is 2.26. The van der Waals surface area contributed by atoms with Crippen molar-refractivity contribution in [2.75, 3.05) is 13.7 Å². The lowest BCUT2D eigenvalue weighted by molar-refractivity contribution is 0.157. The zero-order chi connectivity index (χ0) is 11.8. The van der Waals surface area contributed by atoms with E-state index < -0.39 is 18.1 Å². The van der Waals surface area contributed by atoms with Crippen LogP contribution in [-0.2, 0) is 4.74 Å². The summed E-state index contributed by atoms with van der Waals surface area (Å²) in [7, 11) is 1.10. The highest BCUT2D eigenvalue weighted by atomic mass is 16.5. The Morgan fingerprint density at radius 2 is 2.07 bits per heavy atom. The van der Waals surface area contributed by atoms with Gasteiger partial charge in [0.1, 0.15) is 0 Å². The van der Waals surface area contributed by atoms with Crippen molar-refractivity contribution in [3.63, 3.8) is 0 Å². The average Bonchev–Trinajstić information content (AvgIpc) is 2.16. The molecule has 0 rings (SSSR count). The lowest BCUT2D eigenvalue weighted by Gasteiger charge is -2.10. The van der Waals surface area contributed by atoms with Crippen LogP contribution in [-0.4, -0.2) is 36.7 Å². The van der Waals surface area contributed by atoms with Crippen molar-refractivity contribution >= 4 is 18.1 Å². The van der Waals surface area contributed by atoms with E-state index in [1.165, 1.54) is 0 Å². The van der Waals surface area contributed by atoms with Crippen molar-refractivity contribution in [2.24, 2.45) is 5.29 Å². The first-order chi connectivity index (χ1) is 7.01. The van der Waals surface area contributed by atoms with E-state index in [9.17, 15) is 14.5 Å². The predicted octanol–water partition coefficient (Wildman–Crippen LogP) is -0.00993. The molecule has 0 aromatic carbocycles. The van der Waals surface area contributed by atoms with Gasteiger partial charge in [0.2, 0.25) is 5.96 Å². The highest BCUT2D eigenvalue weighted by molar-refractivity contribution is 6.00. The Hall–Kier alpha value is -2.19. The van der Waals surface area contributed by atoms with Crippen LogP contribution in [0.1, 0.15) is 6.92 Å². The van der Waals surface area contributed by atoms with E-state index in [0.717, 1.165) is 7.05 Å². The third kappa shape index (κ3) is 5.18. The molecule has 0 fully saturated rings. The van der Waals surface area contributed by atoms with Gasteiger partial charge in [0.05, 0.1) is 11.9 Å². The van der Waals surface area contributed by atoms with E-state index >= 15 is 0 Å². The number of alkyl carbamates (subject to hydrolysis) is 1. The van der Waals surface area contributed by atoms with E-state index in [1.807, 2.05) is 10.6 Å². The Morgan fingerprint density at radius 3 is 2.53 bits per heavy atom. The number of carbonyl (C=O) groups is 2. The van der Waals surface area contributed by atoms with Gasteiger partial charge in [-0.25, -0.2) is 9.59 Å². The third-order valence-electron chi connectivity index (χ3n) is 1.15. The summed E-state index contributed by atoms with van der Waals surface area (Å²) in [6.45, 7) is 1.73. The number of amides is 3. The normalized spacial score (nSPS) is 8.67. The van der Waals surface area contributed by atoms with E-state index in [2.05, 4.69) is 10.0 Å². The molecular weight excluding hydrogens is 206 g/mol. The minimum absolute atomic E-state index is 0.142. The van der Waals surface area contributed by atoms with E-state index in [1.54, 1.807) is 6.92 Å². The van der Waals surface area contributed by atoms with Crippen LogP contribution in [0, 0.1) is 10.3 Å². The lowest BCUT2D eigenvalue weighted by atomic mass is 10.8. The number of ether oxygens (including phenoxy) is 1. The fraction of sp³-hybridized carbons (Fsp3) is 0.500. The molecule has 0 spiro atoms. The monoisotopic (exact) mass is 217 g/mol. The highest BCUT2D eigenvalue weighted by Gasteiger charge is 2.12. The fourth-order valence-corrected chi connectivity index (χ4v) is 0.525. The number of rotatable bonds is 2. The van der Waals surface area contributed by atoms with Crippen molar-refractivity contribution in [1.29, 1.82) is 5.41 Å². The first-order valence-electron chi connectivity index (χ1n) is 3.91. The van der Waals surface area contributed by atoms with Gasteiger partial charge in [-0.1, -0.05) is 0 Å². The molecule has 0 heterocycles. The molecule has 15 heavy (non-hydrogen) atoms. The first-order valence-corrected chi connectivity index (χ1v) is 3.91. The van der Waals surface area contributed by atoms with Gasteiger partial charge in [0, 0.05) is 7.05 Å². The molecule has 0 bridgehead atoms. The lowest BCUT2D eigenvalue weighted by Crippen LogP contribution is -2.46. The zero-order valence-corrected chi connectivity index (χ0v) is 8.23. The number of urea groups is 1. The molecule has 0 aliphatic rings. The quantitative estimate of drug-likeness (QED) is 0.260. The molecule has 0 saturated carbocycles. The second kappa shape index (κ2) is 6.29. The van der Waals surface area contributed by atoms with Gasteiger partial charge in [-0.3, -0.25) is 16.0 Å². The molecular formula is C6H11N5O4. The van der Waals surface area contributed by atoms with Gasteiger partial charge in [-0.15, -0.1) is 4.91 Å². The van der Waals surface area contributed by atoms with Gasteiger partial charge in [0.25, 0.3) is 0 Å². The van der Waals surface area contributed by atoms with Crippen LogP contribution in [0.3, 0.4) is 0 Å². The first kappa shape index (κ1) is 12.8. The largest absolute Gasteiger partial charge is 0.450 e. The van der Waals surface area contributed by atoms with Crippen LogP contribution in [0.25, 0.3) is 0 Å². The summed E-state index contributed by atoms with van der Waals surface area (Å²) in [5, 5.41) is 13.6. The van der Waals surface area contributed by atoms with Crippen molar-refractivity contribution in [1.82, 2.24) is 15.6 Å². The maximum Gasteiger partial charge on any atom is 0.413 e. The number of nitrogens with one attached hydrogen (secondary N) is 3. The molecule has 0 saturated heterocycles. The molecule has 9 nitrogen and oxygen atoms in total. The minimum Gasteiger partial charge on any atom is -0.450 e. The smallest absolute Gasteiger partial charge is 0.413 e. The molecule has 0 aliphatic heterocycles. The molecule has 84 valence electrons. The standard InChI is InChI=1S/C6H11N5O4/c1-3-15-6(13)9-4(7)8-5(12)11(2)10-14/h3H2,1-2H3,(H3,7,8,9,12,13). The Morgan fingerprint density at radius 1 is 1.47 bits per heavy atom. The highest BCUT2D eigenvalue weighted by Crippen LogP contribution is 1.83. The van der Waals surface area contributed by atoms with Crippen LogP contribution in [0.2, 0.25) is 0 Å². The van der Waals surface area contributed by atoms with Crippen LogP contribution in [0.5, 0.6) is 0 Å². The van der Waals surface area contributed by atoms with Crippen LogP contribution < -0.4 is 10.6 Å². The molecule has 3 amide bonds. The number of guanidine groups is 1. The van der Waals surface area contributed by atoms with E-state index in [4.69, 9.17) is 5.41 Å². The minimum atomic E-state index is -0.938. The molecule has 0 aromatic heterocycles. The van der Waals surface area contributed by atoms with Crippen molar-refractivity contribution in [3.05, 3.63) is 4.91 Å². The summed E-state index contributed by atoms with van der Waals surface area (Å²) >= 11 is 0. The molecule has 3 N–H and O–H groups in total. The number of carbonyl (C=O) groups excluding carboxylic acids is 2. The fourth-order valence-electron chi connectivity index (χ4n) is 0.525. The molecule has 0 aliphatic carbocycles. The Balaban J connectivity index is 3.98. The van der Waals surface area contributed by atoms with Gasteiger partial charge in [-0.05, 0) is 6.92 Å².